The number of hydrogen-bond acceptors (Lipinski definition) is 1. The average molecular weight is 275 g/mol. The third-order valence-corrected chi connectivity index (χ3v) is 3.82. The lowest BCUT2D eigenvalue weighted by molar-refractivity contribution is -0.118. The fourth-order valence-corrected chi connectivity index (χ4v) is 2.38. The fraction of sp³-hybridized carbons (Fsp3) is 0.611. The zero-order valence-corrected chi connectivity index (χ0v) is 13.3. The van der Waals surface area contributed by atoms with E-state index >= 15 is 0 Å². The van der Waals surface area contributed by atoms with E-state index in [9.17, 15) is 4.79 Å². The summed E-state index contributed by atoms with van der Waals surface area (Å²) in [6.45, 7) is 4.15. The minimum Gasteiger partial charge on any atom is -0.316 e. The first-order chi connectivity index (χ1) is 9.69. The highest BCUT2D eigenvalue weighted by atomic mass is 16.2. The predicted octanol–water partition coefficient (Wildman–Crippen LogP) is 4.96. The summed E-state index contributed by atoms with van der Waals surface area (Å²) in [5.74, 6) is 0.161. The van der Waals surface area contributed by atoms with Crippen molar-refractivity contribution >= 4 is 11.6 Å². The minimum atomic E-state index is 0.161. The number of nitrogens with zero attached hydrogens (tertiary/aromatic N) is 1. The molecule has 0 saturated carbocycles. The van der Waals surface area contributed by atoms with Gasteiger partial charge in [0, 0.05) is 19.2 Å². The summed E-state index contributed by atoms with van der Waals surface area (Å²) in [5.41, 5.74) is 2.37. The first-order valence-electron chi connectivity index (χ1n) is 8.04. The lowest BCUT2D eigenvalue weighted by Gasteiger charge is -2.16. The summed E-state index contributed by atoms with van der Waals surface area (Å²) in [5, 5.41) is 0. The first-order valence-corrected chi connectivity index (χ1v) is 8.04. The highest BCUT2D eigenvalue weighted by molar-refractivity contribution is 5.92. The maximum absolute atomic E-state index is 11.6. The average Bonchev–Trinajstić information content (AvgIpc) is 2.50. The molecule has 0 saturated heterocycles. The Bertz CT molecular complexity index is 383. The number of amides is 1. The number of unbranched alkanes of at least 4 members (excludes halogenated alkanes) is 5. The first kappa shape index (κ1) is 16.7. The normalized spacial score (nSPS) is 10.6. The minimum absolute atomic E-state index is 0.161. The van der Waals surface area contributed by atoms with Crippen LogP contribution in [0, 0.1) is 0 Å². The van der Waals surface area contributed by atoms with Gasteiger partial charge in [0.15, 0.2) is 0 Å². The van der Waals surface area contributed by atoms with E-state index < -0.39 is 0 Å². The summed E-state index contributed by atoms with van der Waals surface area (Å²) in [7, 11) is 1.84. The SMILES string of the molecule is CCCCCCCCc1ccc(N(C)C(=O)CC)cc1. The summed E-state index contributed by atoms with van der Waals surface area (Å²) in [4.78, 5) is 13.4. The number of hydrogen-bond donors (Lipinski definition) is 0. The Morgan fingerprint density at radius 3 is 2.15 bits per heavy atom. The molecule has 1 amide bonds. The largest absolute Gasteiger partial charge is 0.316 e. The van der Waals surface area contributed by atoms with Crippen LogP contribution in [-0.4, -0.2) is 13.0 Å². The van der Waals surface area contributed by atoms with E-state index in [0.29, 0.717) is 6.42 Å². The molecule has 0 N–H and O–H groups in total. The second-order valence-electron chi connectivity index (χ2n) is 5.49. The predicted molar refractivity (Wildman–Crippen MR) is 87.2 cm³/mol. The molecule has 0 unspecified atom stereocenters. The van der Waals surface area contributed by atoms with Gasteiger partial charge >= 0.3 is 0 Å². The Labute approximate surface area is 124 Å². The van der Waals surface area contributed by atoms with Crippen LogP contribution in [0.1, 0.15) is 64.4 Å². The van der Waals surface area contributed by atoms with Gasteiger partial charge in [0.1, 0.15) is 0 Å². The van der Waals surface area contributed by atoms with Crippen LogP contribution in [0.5, 0.6) is 0 Å². The summed E-state index contributed by atoms with van der Waals surface area (Å²) in [6, 6.07) is 8.42. The van der Waals surface area contributed by atoms with Crippen LogP contribution in [0.4, 0.5) is 5.69 Å². The molecule has 0 atom stereocenters. The number of aryl methyl sites for hydroxylation is 1. The maximum atomic E-state index is 11.6. The molecule has 0 aliphatic carbocycles. The third-order valence-electron chi connectivity index (χ3n) is 3.82. The monoisotopic (exact) mass is 275 g/mol. The molecule has 20 heavy (non-hydrogen) atoms. The van der Waals surface area contributed by atoms with Gasteiger partial charge in [0.25, 0.3) is 0 Å². The molecule has 2 heteroatoms. The highest BCUT2D eigenvalue weighted by Crippen LogP contribution is 2.16. The Balaban J connectivity index is 2.33. The van der Waals surface area contributed by atoms with Crippen LogP contribution in [0.2, 0.25) is 0 Å². The molecule has 0 aromatic heterocycles. The molecule has 0 bridgehead atoms. The molecule has 0 spiro atoms. The van der Waals surface area contributed by atoms with Crippen molar-refractivity contribution in [2.75, 3.05) is 11.9 Å². The number of rotatable bonds is 9. The Hall–Kier alpha value is -1.31. The summed E-state index contributed by atoms with van der Waals surface area (Å²) < 4.78 is 0. The van der Waals surface area contributed by atoms with Gasteiger partial charge in [-0.1, -0.05) is 58.1 Å². The second-order valence-corrected chi connectivity index (χ2v) is 5.49. The lowest BCUT2D eigenvalue weighted by atomic mass is 10.0. The van der Waals surface area contributed by atoms with Crippen molar-refractivity contribution in [3.63, 3.8) is 0 Å². The van der Waals surface area contributed by atoms with E-state index in [0.717, 1.165) is 12.1 Å². The highest BCUT2D eigenvalue weighted by Gasteiger charge is 2.07. The number of anilines is 1. The van der Waals surface area contributed by atoms with E-state index in [1.165, 1.54) is 44.1 Å². The Morgan fingerprint density at radius 2 is 1.55 bits per heavy atom. The smallest absolute Gasteiger partial charge is 0.226 e. The quantitative estimate of drug-likeness (QED) is 0.583. The Kier molecular flexibility index (Phi) is 8.01. The molecule has 0 fully saturated rings. The van der Waals surface area contributed by atoms with E-state index in [4.69, 9.17) is 0 Å². The molecule has 112 valence electrons. The van der Waals surface area contributed by atoms with Gasteiger partial charge in [0.05, 0.1) is 0 Å². The van der Waals surface area contributed by atoms with E-state index in [1.54, 1.807) is 4.90 Å². The van der Waals surface area contributed by atoms with Gasteiger partial charge < -0.3 is 4.90 Å². The van der Waals surface area contributed by atoms with Gasteiger partial charge in [0.2, 0.25) is 5.91 Å². The van der Waals surface area contributed by atoms with Gasteiger partial charge in [-0.2, -0.15) is 0 Å². The van der Waals surface area contributed by atoms with Gasteiger partial charge in [-0.15, -0.1) is 0 Å². The van der Waals surface area contributed by atoms with Gasteiger partial charge in [-0.05, 0) is 30.5 Å². The molecular weight excluding hydrogens is 246 g/mol. The second kappa shape index (κ2) is 9.57. The van der Waals surface area contributed by atoms with Crippen LogP contribution in [0.25, 0.3) is 0 Å². The van der Waals surface area contributed by atoms with Crippen molar-refractivity contribution in [3.8, 4) is 0 Å². The third kappa shape index (κ3) is 5.77. The molecule has 1 aromatic rings. The van der Waals surface area contributed by atoms with Crippen LogP contribution in [0.15, 0.2) is 24.3 Å². The molecule has 0 radical (unpaired) electrons. The molecule has 0 aliphatic rings. The maximum Gasteiger partial charge on any atom is 0.226 e. The van der Waals surface area contributed by atoms with E-state index in [2.05, 4.69) is 31.2 Å². The molecule has 1 aromatic carbocycles. The van der Waals surface area contributed by atoms with E-state index in [1.807, 2.05) is 14.0 Å². The van der Waals surface area contributed by atoms with Crippen molar-refractivity contribution in [2.45, 2.75) is 65.2 Å². The Morgan fingerprint density at radius 1 is 0.950 bits per heavy atom. The number of carbonyl (C=O) groups excluding carboxylic acids is 1. The molecule has 1 rings (SSSR count). The summed E-state index contributed by atoms with van der Waals surface area (Å²) in [6.07, 6.45) is 9.72. The van der Waals surface area contributed by atoms with Crippen LogP contribution >= 0.6 is 0 Å². The van der Waals surface area contributed by atoms with Crippen LogP contribution < -0.4 is 4.90 Å². The van der Waals surface area contributed by atoms with Gasteiger partial charge in [-0.25, -0.2) is 0 Å². The zero-order valence-electron chi connectivity index (χ0n) is 13.3. The molecule has 2 nitrogen and oxygen atoms in total. The zero-order chi connectivity index (χ0) is 14.8. The summed E-state index contributed by atoms with van der Waals surface area (Å²) >= 11 is 0. The number of carbonyl (C=O) groups is 1. The molecular formula is C18H29NO. The van der Waals surface area contributed by atoms with Crippen molar-refractivity contribution in [3.05, 3.63) is 29.8 Å². The number of benzene rings is 1. The molecule has 0 aliphatic heterocycles. The van der Waals surface area contributed by atoms with Crippen LogP contribution in [0.3, 0.4) is 0 Å². The lowest BCUT2D eigenvalue weighted by Crippen LogP contribution is -2.24. The van der Waals surface area contributed by atoms with Crippen molar-refractivity contribution in [1.82, 2.24) is 0 Å². The molecule has 0 heterocycles. The van der Waals surface area contributed by atoms with Crippen molar-refractivity contribution in [1.29, 1.82) is 0 Å². The van der Waals surface area contributed by atoms with Crippen molar-refractivity contribution in [2.24, 2.45) is 0 Å². The standard InChI is InChI=1S/C18H29NO/c1-4-6-7-8-9-10-11-16-12-14-17(15-13-16)19(3)18(20)5-2/h12-15H,4-11H2,1-3H3. The topological polar surface area (TPSA) is 20.3 Å². The van der Waals surface area contributed by atoms with Gasteiger partial charge in [-0.3, -0.25) is 4.79 Å². The fourth-order valence-electron chi connectivity index (χ4n) is 2.38. The van der Waals surface area contributed by atoms with Crippen molar-refractivity contribution < 1.29 is 4.79 Å². The van der Waals surface area contributed by atoms with Crippen LogP contribution in [-0.2, 0) is 11.2 Å². The van der Waals surface area contributed by atoms with E-state index in [-0.39, 0.29) is 5.91 Å².